The van der Waals surface area contributed by atoms with E-state index in [2.05, 4.69) is 25.4 Å². The summed E-state index contributed by atoms with van der Waals surface area (Å²) in [6.45, 7) is 4.71. The summed E-state index contributed by atoms with van der Waals surface area (Å²) >= 11 is 1.11. The van der Waals surface area contributed by atoms with Crippen molar-refractivity contribution >= 4 is 33.3 Å². The quantitative estimate of drug-likeness (QED) is 0.553. The number of halogens is 4. The van der Waals surface area contributed by atoms with Gasteiger partial charge in [-0.2, -0.15) is 0 Å². The fourth-order valence-corrected chi connectivity index (χ4v) is 3.15. The molecule has 1 N–H and O–H groups in total. The van der Waals surface area contributed by atoms with Crippen molar-refractivity contribution in [3.63, 3.8) is 0 Å². The van der Waals surface area contributed by atoms with Gasteiger partial charge in [0.25, 0.3) is 6.43 Å². The molecule has 4 nitrogen and oxygen atoms in total. The van der Waals surface area contributed by atoms with Crippen LogP contribution in [0.5, 0.6) is 0 Å². The molecular formula is C15H19BrF3NO3S. The van der Waals surface area contributed by atoms with Gasteiger partial charge in [-0.05, 0) is 39.0 Å². The molecule has 0 aliphatic carbocycles. The summed E-state index contributed by atoms with van der Waals surface area (Å²) in [5.74, 6) is -1.92. The second kappa shape index (κ2) is 8.07. The number of ether oxygens (including phenoxy) is 1. The zero-order chi connectivity index (χ0) is 18.7. The first-order valence-corrected chi connectivity index (χ1v) is 8.88. The molecule has 1 rings (SSSR count). The van der Waals surface area contributed by atoms with Crippen LogP contribution in [0.4, 0.5) is 13.2 Å². The van der Waals surface area contributed by atoms with Crippen molar-refractivity contribution in [3.8, 4) is 0 Å². The van der Waals surface area contributed by atoms with Gasteiger partial charge in [0.1, 0.15) is 10.6 Å². The van der Waals surface area contributed by atoms with Crippen molar-refractivity contribution < 1.29 is 27.3 Å². The maximum absolute atomic E-state index is 14.3. The van der Waals surface area contributed by atoms with Gasteiger partial charge in [-0.15, -0.1) is 4.72 Å². The van der Waals surface area contributed by atoms with Gasteiger partial charge in [-0.1, -0.05) is 15.9 Å². The second-order valence-electron chi connectivity index (χ2n) is 6.13. The highest BCUT2D eigenvalue weighted by Gasteiger charge is 2.51. The van der Waals surface area contributed by atoms with Gasteiger partial charge in [0, 0.05) is 21.4 Å². The molecule has 0 saturated carbocycles. The lowest BCUT2D eigenvalue weighted by Gasteiger charge is -2.36. The average molecular weight is 430 g/mol. The molecule has 1 aromatic rings. The highest BCUT2D eigenvalue weighted by molar-refractivity contribution is 9.10. The minimum atomic E-state index is -3.22. The fraction of sp³-hybridized carbons (Fsp3) is 0.533. The van der Waals surface area contributed by atoms with E-state index in [4.69, 9.17) is 0 Å². The summed E-state index contributed by atoms with van der Waals surface area (Å²) in [6.07, 6.45) is -4.09. The Morgan fingerprint density at radius 1 is 1.42 bits per heavy atom. The van der Waals surface area contributed by atoms with E-state index in [-0.39, 0.29) is 0 Å². The van der Waals surface area contributed by atoms with E-state index < -0.39 is 51.8 Å². The molecule has 0 aromatic heterocycles. The summed E-state index contributed by atoms with van der Waals surface area (Å²) in [6, 6.07) is 3.47. The lowest BCUT2D eigenvalue weighted by molar-refractivity contribution is -0.144. The Labute approximate surface area is 150 Å². The average Bonchev–Trinajstić information content (AvgIpc) is 2.47. The maximum Gasteiger partial charge on any atom is 0.308 e. The molecule has 0 aliphatic rings. The minimum absolute atomic E-state index is 0.345. The minimum Gasteiger partial charge on any atom is -0.598 e. The van der Waals surface area contributed by atoms with Crippen molar-refractivity contribution in [3.05, 3.63) is 34.1 Å². The van der Waals surface area contributed by atoms with Gasteiger partial charge in [0.2, 0.25) is 0 Å². The van der Waals surface area contributed by atoms with E-state index in [1.165, 1.54) is 6.07 Å². The predicted molar refractivity (Wildman–Crippen MR) is 89.4 cm³/mol. The summed E-state index contributed by atoms with van der Waals surface area (Å²) in [5.41, 5.74) is -2.95. The third-order valence-corrected chi connectivity index (χ3v) is 5.42. The van der Waals surface area contributed by atoms with Crippen LogP contribution in [0, 0.1) is 5.82 Å². The third kappa shape index (κ3) is 4.87. The number of hydrogen-bond donors (Lipinski definition) is 1. The SMILES string of the molecule is COC(=O)C[C@@](N[S+]([O-])C(C)(C)C)(c1cc(Br)ccc1F)C(F)F. The first kappa shape index (κ1) is 21.3. The molecule has 0 heterocycles. The van der Waals surface area contributed by atoms with Crippen molar-refractivity contribution in [2.75, 3.05) is 7.11 Å². The van der Waals surface area contributed by atoms with E-state index in [9.17, 15) is 22.5 Å². The van der Waals surface area contributed by atoms with E-state index in [1.807, 2.05) is 0 Å². The predicted octanol–water partition coefficient (Wildman–Crippen LogP) is 3.66. The highest BCUT2D eigenvalue weighted by atomic mass is 79.9. The Balaban J connectivity index is 3.52. The van der Waals surface area contributed by atoms with Gasteiger partial charge in [-0.3, -0.25) is 4.79 Å². The summed E-state index contributed by atoms with van der Waals surface area (Å²) in [5, 5.41) is 0. The molecule has 0 aliphatic heterocycles. The Morgan fingerprint density at radius 3 is 2.46 bits per heavy atom. The molecule has 0 radical (unpaired) electrons. The van der Waals surface area contributed by atoms with Gasteiger partial charge in [0.05, 0.1) is 13.5 Å². The first-order valence-electron chi connectivity index (χ1n) is 6.94. The van der Waals surface area contributed by atoms with Gasteiger partial charge >= 0.3 is 5.97 Å². The van der Waals surface area contributed by atoms with Crippen LogP contribution in [0.2, 0.25) is 0 Å². The number of alkyl halides is 2. The number of methoxy groups -OCH3 is 1. The molecule has 0 spiro atoms. The van der Waals surface area contributed by atoms with Crippen LogP contribution >= 0.6 is 15.9 Å². The van der Waals surface area contributed by atoms with E-state index >= 15 is 0 Å². The van der Waals surface area contributed by atoms with Crippen LogP contribution in [0.1, 0.15) is 32.8 Å². The summed E-state index contributed by atoms with van der Waals surface area (Å²) < 4.78 is 60.9. The Hall–Kier alpha value is -0.770. The zero-order valence-corrected chi connectivity index (χ0v) is 16.1. The summed E-state index contributed by atoms with van der Waals surface area (Å²) in [4.78, 5) is 11.7. The number of carbonyl (C=O) groups excluding carboxylic acids is 1. The molecule has 0 bridgehead atoms. The molecule has 0 amide bonds. The largest absolute Gasteiger partial charge is 0.598 e. The monoisotopic (exact) mass is 429 g/mol. The van der Waals surface area contributed by atoms with Crippen LogP contribution < -0.4 is 4.72 Å². The van der Waals surface area contributed by atoms with Crippen molar-refractivity contribution in [2.24, 2.45) is 0 Å². The van der Waals surface area contributed by atoms with Gasteiger partial charge in [-0.25, -0.2) is 13.2 Å². The van der Waals surface area contributed by atoms with Crippen LogP contribution in [-0.4, -0.2) is 28.8 Å². The van der Waals surface area contributed by atoms with Crippen molar-refractivity contribution in [1.29, 1.82) is 0 Å². The maximum atomic E-state index is 14.3. The topological polar surface area (TPSA) is 61.4 Å². The number of nitrogens with one attached hydrogen (secondary N) is 1. The number of rotatable bonds is 6. The van der Waals surface area contributed by atoms with Gasteiger partial charge < -0.3 is 9.29 Å². The molecule has 136 valence electrons. The Bertz CT molecular complexity index is 598. The van der Waals surface area contributed by atoms with Crippen LogP contribution in [0.15, 0.2) is 22.7 Å². The van der Waals surface area contributed by atoms with E-state index in [0.29, 0.717) is 4.47 Å². The molecule has 2 atom stereocenters. The lowest BCUT2D eigenvalue weighted by atomic mass is 9.87. The van der Waals surface area contributed by atoms with Crippen LogP contribution in [-0.2, 0) is 26.4 Å². The second-order valence-corrected chi connectivity index (χ2v) is 9.01. The number of hydrogen-bond acceptors (Lipinski definition) is 4. The van der Waals surface area contributed by atoms with E-state index in [0.717, 1.165) is 19.2 Å². The highest BCUT2D eigenvalue weighted by Crippen LogP contribution is 2.37. The van der Waals surface area contributed by atoms with Crippen molar-refractivity contribution in [1.82, 2.24) is 4.72 Å². The molecule has 9 heteroatoms. The lowest BCUT2D eigenvalue weighted by Crippen LogP contribution is -2.56. The third-order valence-electron chi connectivity index (χ3n) is 3.26. The van der Waals surface area contributed by atoms with Crippen molar-refractivity contribution in [2.45, 2.75) is 43.9 Å². The van der Waals surface area contributed by atoms with Gasteiger partial charge in [0.15, 0.2) is 5.54 Å². The number of carbonyl (C=O) groups is 1. The summed E-state index contributed by atoms with van der Waals surface area (Å²) in [7, 11) is 1.04. The molecular weight excluding hydrogens is 411 g/mol. The molecule has 1 aromatic carbocycles. The fourth-order valence-electron chi connectivity index (χ4n) is 1.88. The molecule has 0 fully saturated rings. The molecule has 24 heavy (non-hydrogen) atoms. The zero-order valence-electron chi connectivity index (χ0n) is 13.7. The van der Waals surface area contributed by atoms with Crippen LogP contribution in [0.3, 0.4) is 0 Å². The number of esters is 1. The van der Waals surface area contributed by atoms with Crippen LogP contribution in [0.25, 0.3) is 0 Å². The smallest absolute Gasteiger partial charge is 0.308 e. The standard InChI is InChI=1S/C15H19BrF3NO3S/c1-14(2,3)24(22)20-15(13(18)19,8-12(21)23-4)10-7-9(16)5-6-11(10)17/h5-7,13,20H,8H2,1-4H3/t15-,24?/m1/s1. The van der Waals surface area contributed by atoms with E-state index in [1.54, 1.807) is 20.8 Å². The Kier molecular flexibility index (Phi) is 7.16. The number of benzene rings is 1. The first-order chi connectivity index (χ1) is 10.9. The molecule has 1 unspecified atom stereocenters. The normalized spacial score (nSPS) is 15.9. The Morgan fingerprint density at radius 2 is 2.00 bits per heavy atom. The molecule has 0 saturated heterocycles.